The first-order valence-corrected chi connectivity index (χ1v) is 10.0. The Morgan fingerprint density at radius 1 is 1.19 bits per heavy atom. The van der Waals surface area contributed by atoms with Crippen molar-refractivity contribution in [3.63, 3.8) is 0 Å². The van der Waals surface area contributed by atoms with E-state index in [0.717, 1.165) is 26.9 Å². The van der Waals surface area contributed by atoms with Crippen molar-refractivity contribution >= 4 is 21.8 Å². The summed E-state index contributed by atoms with van der Waals surface area (Å²) in [5, 5.41) is 3.24. The maximum atomic E-state index is 13.5. The number of carbonyl (C=O) groups excluding carboxylic acids is 1. The number of amides is 1. The fraction of sp³-hybridized carbons (Fsp3) is 0.409. The van der Waals surface area contributed by atoms with E-state index in [0.29, 0.717) is 26.1 Å². The fourth-order valence-electron chi connectivity index (χ4n) is 3.74. The van der Waals surface area contributed by atoms with Crippen molar-refractivity contribution < 1.29 is 14.3 Å². The molecular weight excluding hydrogens is 406 g/mol. The number of nitrogens with one attached hydrogen (secondary N) is 1. The second kappa shape index (κ2) is 8.44. The first-order chi connectivity index (χ1) is 13.0. The van der Waals surface area contributed by atoms with Crippen LogP contribution in [0.4, 0.5) is 0 Å². The lowest BCUT2D eigenvalue weighted by atomic mass is 9.73. The highest BCUT2D eigenvalue weighted by molar-refractivity contribution is 9.10. The standard InChI is InChI=1S/C22H26BrNO3/c1-15-4-9-20(26-3)19(14-15)16(2)24-21(25)22(10-12-27-13-11-22)17-5-7-18(23)8-6-17/h4-9,14,16H,10-13H2,1-3H3,(H,24,25). The molecule has 1 aliphatic heterocycles. The SMILES string of the molecule is COc1ccc(C)cc1C(C)NC(=O)C1(c2ccc(Br)cc2)CCOCC1. The van der Waals surface area contributed by atoms with Crippen LogP contribution in [-0.2, 0) is 14.9 Å². The summed E-state index contributed by atoms with van der Waals surface area (Å²) in [5.41, 5.74) is 2.60. The highest BCUT2D eigenvalue weighted by Crippen LogP contribution is 2.37. The van der Waals surface area contributed by atoms with Gasteiger partial charge in [0, 0.05) is 23.2 Å². The second-order valence-electron chi connectivity index (χ2n) is 7.14. The van der Waals surface area contributed by atoms with Gasteiger partial charge >= 0.3 is 0 Å². The Labute approximate surface area is 169 Å². The lowest BCUT2D eigenvalue weighted by Crippen LogP contribution is -2.48. The van der Waals surface area contributed by atoms with Crippen LogP contribution in [0.3, 0.4) is 0 Å². The highest BCUT2D eigenvalue weighted by Gasteiger charge is 2.42. The van der Waals surface area contributed by atoms with Gasteiger partial charge in [0.1, 0.15) is 5.75 Å². The molecule has 1 heterocycles. The van der Waals surface area contributed by atoms with Gasteiger partial charge in [-0.05, 0) is 50.5 Å². The Hall–Kier alpha value is -1.85. The number of hydrogen-bond donors (Lipinski definition) is 1. The normalized spacial score (nSPS) is 17.2. The Morgan fingerprint density at radius 3 is 2.48 bits per heavy atom. The van der Waals surface area contributed by atoms with Gasteiger partial charge in [-0.3, -0.25) is 4.79 Å². The average Bonchev–Trinajstić information content (AvgIpc) is 2.68. The van der Waals surface area contributed by atoms with Gasteiger partial charge in [0.15, 0.2) is 0 Å². The zero-order valence-corrected chi connectivity index (χ0v) is 17.6. The van der Waals surface area contributed by atoms with Crippen molar-refractivity contribution in [2.24, 2.45) is 0 Å². The second-order valence-corrected chi connectivity index (χ2v) is 8.06. The molecule has 0 radical (unpaired) electrons. The van der Waals surface area contributed by atoms with Crippen LogP contribution in [0, 0.1) is 6.92 Å². The molecule has 0 saturated carbocycles. The number of carbonyl (C=O) groups is 1. The molecule has 3 rings (SSSR count). The number of aryl methyl sites for hydroxylation is 1. The molecule has 27 heavy (non-hydrogen) atoms. The predicted molar refractivity (Wildman–Crippen MR) is 110 cm³/mol. The summed E-state index contributed by atoms with van der Waals surface area (Å²) in [5.74, 6) is 0.835. The molecular formula is C22H26BrNO3. The van der Waals surface area contributed by atoms with E-state index < -0.39 is 5.41 Å². The van der Waals surface area contributed by atoms with Crippen LogP contribution >= 0.6 is 15.9 Å². The number of methoxy groups -OCH3 is 1. The predicted octanol–water partition coefficient (Wildman–Crippen LogP) is 4.69. The summed E-state index contributed by atoms with van der Waals surface area (Å²) in [4.78, 5) is 13.5. The van der Waals surface area contributed by atoms with E-state index in [1.165, 1.54) is 0 Å². The number of ether oxygens (including phenoxy) is 2. The first kappa shape index (κ1) is 19.9. The third kappa shape index (κ3) is 4.19. The molecule has 1 aliphatic rings. The maximum Gasteiger partial charge on any atom is 0.231 e. The van der Waals surface area contributed by atoms with Gasteiger partial charge in [0.2, 0.25) is 5.91 Å². The van der Waals surface area contributed by atoms with Crippen molar-refractivity contribution in [1.82, 2.24) is 5.32 Å². The van der Waals surface area contributed by atoms with E-state index in [9.17, 15) is 4.79 Å². The number of benzene rings is 2. The summed E-state index contributed by atoms with van der Waals surface area (Å²) >= 11 is 3.48. The molecule has 1 fully saturated rings. The molecule has 1 unspecified atom stereocenters. The van der Waals surface area contributed by atoms with Gasteiger partial charge in [-0.2, -0.15) is 0 Å². The molecule has 4 nitrogen and oxygen atoms in total. The lowest BCUT2D eigenvalue weighted by Gasteiger charge is -2.37. The number of halogens is 1. The van der Waals surface area contributed by atoms with Crippen LogP contribution in [0.5, 0.6) is 5.75 Å². The first-order valence-electron chi connectivity index (χ1n) is 9.25. The van der Waals surface area contributed by atoms with Gasteiger partial charge < -0.3 is 14.8 Å². The van der Waals surface area contributed by atoms with Gasteiger partial charge in [0.05, 0.1) is 18.6 Å². The van der Waals surface area contributed by atoms with Crippen LogP contribution in [-0.4, -0.2) is 26.2 Å². The highest BCUT2D eigenvalue weighted by atomic mass is 79.9. The van der Waals surface area contributed by atoms with E-state index in [1.807, 2.05) is 50.2 Å². The fourth-order valence-corrected chi connectivity index (χ4v) is 4.00. The lowest BCUT2D eigenvalue weighted by molar-refractivity contribution is -0.131. The molecule has 1 saturated heterocycles. The summed E-state index contributed by atoms with van der Waals surface area (Å²) in [6.45, 7) is 5.22. The summed E-state index contributed by atoms with van der Waals surface area (Å²) in [6, 6.07) is 13.9. The molecule has 0 aliphatic carbocycles. The van der Waals surface area contributed by atoms with E-state index in [2.05, 4.69) is 27.3 Å². The Balaban J connectivity index is 1.89. The molecule has 1 N–H and O–H groups in total. The van der Waals surface area contributed by atoms with Crippen molar-refractivity contribution in [3.8, 4) is 5.75 Å². The van der Waals surface area contributed by atoms with Gasteiger partial charge in [0.25, 0.3) is 0 Å². The summed E-state index contributed by atoms with van der Waals surface area (Å²) < 4.78 is 12.1. The van der Waals surface area contributed by atoms with Crippen LogP contribution in [0.15, 0.2) is 46.9 Å². The van der Waals surface area contributed by atoms with E-state index in [4.69, 9.17) is 9.47 Å². The van der Waals surface area contributed by atoms with Crippen molar-refractivity contribution in [2.75, 3.05) is 20.3 Å². The van der Waals surface area contributed by atoms with E-state index in [1.54, 1.807) is 7.11 Å². The third-order valence-electron chi connectivity index (χ3n) is 5.38. The smallest absolute Gasteiger partial charge is 0.231 e. The minimum absolute atomic E-state index is 0.0455. The van der Waals surface area contributed by atoms with Gasteiger partial charge in [-0.1, -0.05) is 45.8 Å². The Kier molecular flexibility index (Phi) is 6.22. The minimum Gasteiger partial charge on any atom is -0.496 e. The van der Waals surface area contributed by atoms with Crippen molar-refractivity contribution in [2.45, 2.75) is 38.1 Å². The largest absolute Gasteiger partial charge is 0.496 e. The molecule has 5 heteroatoms. The van der Waals surface area contributed by atoms with Crippen LogP contribution in [0.2, 0.25) is 0 Å². The number of hydrogen-bond acceptors (Lipinski definition) is 3. The topological polar surface area (TPSA) is 47.6 Å². The maximum absolute atomic E-state index is 13.5. The minimum atomic E-state index is -0.565. The van der Waals surface area contributed by atoms with Crippen molar-refractivity contribution in [1.29, 1.82) is 0 Å². The molecule has 0 spiro atoms. The van der Waals surface area contributed by atoms with E-state index in [-0.39, 0.29) is 11.9 Å². The molecule has 144 valence electrons. The molecule has 1 atom stereocenters. The third-order valence-corrected chi connectivity index (χ3v) is 5.91. The van der Waals surface area contributed by atoms with Crippen LogP contribution < -0.4 is 10.1 Å². The van der Waals surface area contributed by atoms with Gasteiger partial charge in [-0.25, -0.2) is 0 Å². The average molecular weight is 432 g/mol. The van der Waals surface area contributed by atoms with Crippen LogP contribution in [0.1, 0.15) is 42.5 Å². The monoisotopic (exact) mass is 431 g/mol. The van der Waals surface area contributed by atoms with Gasteiger partial charge in [-0.15, -0.1) is 0 Å². The molecule has 2 aromatic rings. The van der Waals surface area contributed by atoms with Crippen LogP contribution in [0.25, 0.3) is 0 Å². The molecule has 1 amide bonds. The Bertz CT molecular complexity index is 798. The molecule has 0 aromatic heterocycles. The number of rotatable bonds is 5. The zero-order chi connectivity index (χ0) is 19.4. The zero-order valence-electron chi connectivity index (χ0n) is 16.0. The molecule has 2 aromatic carbocycles. The Morgan fingerprint density at radius 2 is 1.85 bits per heavy atom. The summed E-state index contributed by atoms with van der Waals surface area (Å²) in [7, 11) is 1.66. The molecule has 0 bridgehead atoms. The van der Waals surface area contributed by atoms with E-state index >= 15 is 0 Å². The van der Waals surface area contributed by atoms with Crippen molar-refractivity contribution in [3.05, 3.63) is 63.6 Å². The quantitative estimate of drug-likeness (QED) is 0.746. The summed E-state index contributed by atoms with van der Waals surface area (Å²) in [6.07, 6.45) is 1.36.